The molecule has 0 saturated carbocycles. The Kier molecular flexibility index (Phi) is 9.04. The van der Waals surface area contributed by atoms with Crippen LogP contribution in [0.4, 0.5) is 11.5 Å². The van der Waals surface area contributed by atoms with Crippen molar-refractivity contribution in [2.75, 3.05) is 16.4 Å². The monoisotopic (exact) mass is 522 g/mol. The third-order valence-electron chi connectivity index (χ3n) is 5.33. The number of pyridine rings is 1. The number of benzene rings is 3. The second-order valence-electron chi connectivity index (χ2n) is 8.32. The minimum Gasteiger partial charge on any atom is -0.321 e. The topological polar surface area (TPSA) is 100 Å². The third kappa shape index (κ3) is 7.91. The molecule has 1 aromatic heterocycles. The van der Waals surface area contributed by atoms with Crippen molar-refractivity contribution in [3.8, 4) is 0 Å². The number of nitrogens with zero attached hydrogens (tertiary/aromatic N) is 1. The summed E-state index contributed by atoms with van der Waals surface area (Å²) < 4.78 is 0. The first-order chi connectivity index (χ1) is 18.5. The summed E-state index contributed by atoms with van der Waals surface area (Å²) >= 11 is 1.37. The first-order valence-corrected chi connectivity index (χ1v) is 12.8. The summed E-state index contributed by atoms with van der Waals surface area (Å²) in [5, 5.41) is 8.32. The van der Waals surface area contributed by atoms with Crippen LogP contribution in [0.15, 0.2) is 114 Å². The molecule has 3 N–H and O–H groups in total. The molecule has 4 aromatic rings. The number of hydrogen-bond donors (Lipinski definition) is 3. The zero-order chi connectivity index (χ0) is 26.7. The molecule has 190 valence electrons. The lowest BCUT2D eigenvalue weighted by atomic mass is 10.1. The van der Waals surface area contributed by atoms with E-state index in [9.17, 15) is 14.4 Å². The molecular weight excluding hydrogens is 496 g/mol. The Balaban J connectivity index is 1.40. The maximum absolute atomic E-state index is 13.2. The summed E-state index contributed by atoms with van der Waals surface area (Å²) in [5.41, 5.74) is 3.00. The summed E-state index contributed by atoms with van der Waals surface area (Å²) in [6, 6.07) is 28.8. The Morgan fingerprint density at radius 3 is 2.21 bits per heavy atom. The van der Waals surface area contributed by atoms with Gasteiger partial charge in [0, 0.05) is 22.3 Å². The van der Waals surface area contributed by atoms with Crippen LogP contribution >= 0.6 is 11.8 Å². The smallest absolute Gasteiger partial charge is 0.272 e. The van der Waals surface area contributed by atoms with Crippen LogP contribution in [0.3, 0.4) is 0 Å². The van der Waals surface area contributed by atoms with E-state index in [1.165, 1.54) is 11.8 Å². The average molecular weight is 523 g/mol. The summed E-state index contributed by atoms with van der Waals surface area (Å²) in [6.45, 7) is 1.98. The van der Waals surface area contributed by atoms with Gasteiger partial charge in [-0.25, -0.2) is 4.98 Å². The highest BCUT2D eigenvalue weighted by Crippen LogP contribution is 2.21. The summed E-state index contributed by atoms with van der Waals surface area (Å²) in [6.07, 6.45) is 3.25. The molecule has 0 aliphatic carbocycles. The van der Waals surface area contributed by atoms with Crippen molar-refractivity contribution in [1.29, 1.82) is 0 Å². The van der Waals surface area contributed by atoms with Crippen LogP contribution in [0.25, 0.3) is 6.08 Å². The van der Waals surface area contributed by atoms with Gasteiger partial charge in [-0.2, -0.15) is 0 Å². The first kappa shape index (κ1) is 26.4. The van der Waals surface area contributed by atoms with E-state index >= 15 is 0 Å². The van der Waals surface area contributed by atoms with Gasteiger partial charge < -0.3 is 16.0 Å². The van der Waals surface area contributed by atoms with Gasteiger partial charge in [0.2, 0.25) is 5.91 Å². The standard InChI is InChI=1S/C30H26N4O3S/c1-21-10-12-22(13-11-21)19-26(33-29(36)23-7-3-2-4-8-23)30(37)32-24-14-16-25(17-15-24)38-20-28(35)34-27-9-5-6-18-31-27/h2-19H,20H2,1H3,(H,32,37)(H,33,36)(H,31,34,35)/b26-19-. The van der Waals surface area contributed by atoms with E-state index in [0.717, 1.165) is 16.0 Å². The lowest BCUT2D eigenvalue weighted by Gasteiger charge is -2.12. The number of aryl methyl sites for hydroxylation is 1. The molecule has 0 atom stereocenters. The Morgan fingerprint density at radius 2 is 1.53 bits per heavy atom. The van der Waals surface area contributed by atoms with Gasteiger partial charge in [0.1, 0.15) is 11.5 Å². The maximum atomic E-state index is 13.2. The number of carbonyl (C=O) groups excluding carboxylic acids is 3. The maximum Gasteiger partial charge on any atom is 0.272 e. The number of amides is 3. The van der Waals surface area contributed by atoms with Crippen molar-refractivity contribution in [1.82, 2.24) is 10.3 Å². The molecule has 0 unspecified atom stereocenters. The zero-order valence-corrected chi connectivity index (χ0v) is 21.5. The normalized spacial score (nSPS) is 10.9. The number of hydrogen-bond acceptors (Lipinski definition) is 5. The van der Waals surface area contributed by atoms with Crippen LogP contribution in [0.5, 0.6) is 0 Å². The highest BCUT2D eigenvalue weighted by molar-refractivity contribution is 8.00. The SMILES string of the molecule is Cc1ccc(/C=C(\NC(=O)c2ccccc2)C(=O)Nc2ccc(SCC(=O)Nc3ccccn3)cc2)cc1. The number of carbonyl (C=O) groups is 3. The molecule has 0 spiro atoms. The van der Waals surface area contributed by atoms with Crippen LogP contribution in [-0.2, 0) is 9.59 Å². The van der Waals surface area contributed by atoms with Crippen molar-refractivity contribution < 1.29 is 14.4 Å². The lowest BCUT2D eigenvalue weighted by Crippen LogP contribution is -2.30. The number of rotatable bonds is 9. The number of nitrogens with one attached hydrogen (secondary N) is 3. The molecule has 0 fully saturated rings. The van der Waals surface area contributed by atoms with Crippen molar-refractivity contribution in [2.24, 2.45) is 0 Å². The van der Waals surface area contributed by atoms with Gasteiger partial charge in [-0.1, -0.05) is 54.1 Å². The molecule has 8 heteroatoms. The predicted molar refractivity (Wildman–Crippen MR) is 152 cm³/mol. The minimum atomic E-state index is -0.454. The fourth-order valence-corrected chi connectivity index (χ4v) is 4.07. The van der Waals surface area contributed by atoms with Gasteiger partial charge in [-0.3, -0.25) is 14.4 Å². The molecule has 0 aliphatic heterocycles. The van der Waals surface area contributed by atoms with Gasteiger partial charge in [-0.05, 0) is 67.1 Å². The van der Waals surface area contributed by atoms with Gasteiger partial charge in [0.05, 0.1) is 5.75 Å². The summed E-state index contributed by atoms with van der Waals surface area (Å²) in [4.78, 5) is 43.0. The molecule has 7 nitrogen and oxygen atoms in total. The van der Waals surface area contributed by atoms with E-state index < -0.39 is 5.91 Å². The molecular formula is C30H26N4O3S. The van der Waals surface area contributed by atoms with Gasteiger partial charge in [0.15, 0.2) is 0 Å². The fourth-order valence-electron chi connectivity index (χ4n) is 3.37. The molecule has 4 rings (SSSR count). The summed E-state index contributed by atoms with van der Waals surface area (Å²) in [7, 11) is 0. The van der Waals surface area contributed by atoms with Crippen molar-refractivity contribution >= 4 is 47.1 Å². The second-order valence-corrected chi connectivity index (χ2v) is 9.37. The van der Waals surface area contributed by atoms with E-state index in [1.54, 1.807) is 66.9 Å². The number of aromatic nitrogens is 1. The molecule has 0 radical (unpaired) electrons. The average Bonchev–Trinajstić information content (AvgIpc) is 2.94. The largest absolute Gasteiger partial charge is 0.321 e. The van der Waals surface area contributed by atoms with E-state index in [1.807, 2.05) is 49.4 Å². The minimum absolute atomic E-state index is 0.118. The Labute approximate surface area is 225 Å². The zero-order valence-electron chi connectivity index (χ0n) is 20.7. The predicted octanol–water partition coefficient (Wildman–Crippen LogP) is 5.53. The highest BCUT2D eigenvalue weighted by Gasteiger charge is 2.15. The molecule has 38 heavy (non-hydrogen) atoms. The second kappa shape index (κ2) is 13.0. The highest BCUT2D eigenvalue weighted by atomic mass is 32.2. The van der Waals surface area contributed by atoms with E-state index in [-0.39, 0.29) is 23.3 Å². The van der Waals surface area contributed by atoms with Crippen molar-refractivity contribution in [3.05, 3.63) is 126 Å². The fraction of sp³-hybridized carbons (Fsp3) is 0.0667. The van der Waals surface area contributed by atoms with Crippen molar-refractivity contribution in [3.63, 3.8) is 0 Å². The number of thioether (sulfide) groups is 1. The van der Waals surface area contributed by atoms with E-state index in [0.29, 0.717) is 17.1 Å². The van der Waals surface area contributed by atoms with Crippen LogP contribution in [-0.4, -0.2) is 28.5 Å². The third-order valence-corrected chi connectivity index (χ3v) is 6.34. The molecule has 3 amide bonds. The van der Waals surface area contributed by atoms with Gasteiger partial charge in [-0.15, -0.1) is 11.8 Å². The Hall–Kier alpha value is -4.69. The quantitative estimate of drug-likeness (QED) is 0.198. The van der Waals surface area contributed by atoms with Gasteiger partial charge >= 0.3 is 0 Å². The molecule has 1 heterocycles. The van der Waals surface area contributed by atoms with Crippen LogP contribution in [0.1, 0.15) is 21.5 Å². The molecule has 3 aromatic carbocycles. The van der Waals surface area contributed by atoms with Crippen LogP contribution < -0.4 is 16.0 Å². The number of anilines is 2. The van der Waals surface area contributed by atoms with Crippen LogP contribution in [0.2, 0.25) is 0 Å². The van der Waals surface area contributed by atoms with E-state index in [2.05, 4.69) is 20.9 Å². The van der Waals surface area contributed by atoms with Crippen molar-refractivity contribution in [2.45, 2.75) is 11.8 Å². The summed E-state index contributed by atoms with van der Waals surface area (Å²) in [5.74, 6) is -0.270. The van der Waals surface area contributed by atoms with Gasteiger partial charge in [0.25, 0.3) is 11.8 Å². The van der Waals surface area contributed by atoms with Crippen LogP contribution in [0, 0.1) is 6.92 Å². The molecule has 0 aliphatic rings. The van der Waals surface area contributed by atoms with E-state index in [4.69, 9.17) is 0 Å². The Bertz CT molecular complexity index is 1420. The first-order valence-electron chi connectivity index (χ1n) is 11.9. The Morgan fingerprint density at radius 1 is 0.816 bits per heavy atom. The molecule has 0 bridgehead atoms. The molecule has 0 saturated heterocycles. The lowest BCUT2D eigenvalue weighted by molar-refractivity contribution is -0.114.